The van der Waals surface area contributed by atoms with E-state index in [-0.39, 0.29) is 30.3 Å². The number of amides is 2. The highest BCUT2D eigenvalue weighted by molar-refractivity contribution is 5.97. The van der Waals surface area contributed by atoms with E-state index in [9.17, 15) is 31.1 Å². The number of hydrogen-bond acceptors (Lipinski definition) is 5. The van der Waals surface area contributed by atoms with Crippen molar-refractivity contribution in [2.75, 3.05) is 18.5 Å². The van der Waals surface area contributed by atoms with Crippen LogP contribution in [0.3, 0.4) is 0 Å². The summed E-state index contributed by atoms with van der Waals surface area (Å²) in [4.78, 5) is 12.6. The van der Waals surface area contributed by atoms with Crippen molar-refractivity contribution in [1.29, 1.82) is 0 Å². The van der Waals surface area contributed by atoms with Crippen molar-refractivity contribution in [2.24, 2.45) is 5.10 Å². The molecule has 13 heteroatoms. The van der Waals surface area contributed by atoms with E-state index in [4.69, 9.17) is 9.47 Å². The lowest BCUT2D eigenvalue weighted by molar-refractivity contribution is -0.274. The van der Waals surface area contributed by atoms with Crippen LogP contribution in [-0.2, 0) is 15.7 Å². The predicted octanol–water partition coefficient (Wildman–Crippen LogP) is 5.19. The molecule has 3 rings (SSSR count). The molecule has 0 spiro atoms. The summed E-state index contributed by atoms with van der Waals surface area (Å²) in [6.45, 7) is 1.67. The van der Waals surface area contributed by atoms with Gasteiger partial charge in [-0.15, -0.1) is 18.3 Å². The molecule has 1 atom stereocenters. The van der Waals surface area contributed by atoms with E-state index in [1.165, 1.54) is 24.3 Å². The molecule has 2 amide bonds. The van der Waals surface area contributed by atoms with Crippen LogP contribution in [0.1, 0.15) is 18.1 Å². The molecule has 1 aliphatic heterocycles. The smallest absolute Gasteiger partial charge is 0.444 e. The minimum Gasteiger partial charge on any atom is -0.444 e. The van der Waals surface area contributed by atoms with Gasteiger partial charge in [0.2, 0.25) is 12.2 Å². The molecular formula is C20H17F6N3O4. The zero-order valence-electron chi connectivity index (χ0n) is 16.9. The normalized spacial score (nSPS) is 16.6. The van der Waals surface area contributed by atoms with Crippen LogP contribution in [0, 0.1) is 0 Å². The van der Waals surface area contributed by atoms with Crippen molar-refractivity contribution < 1.29 is 45.3 Å². The van der Waals surface area contributed by atoms with Gasteiger partial charge in [0.05, 0.1) is 5.56 Å². The second-order valence-electron chi connectivity index (χ2n) is 6.57. The summed E-state index contributed by atoms with van der Waals surface area (Å²) < 4.78 is 90.5. The Labute approximate surface area is 183 Å². The molecule has 0 saturated carbocycles. The molecule has 0 aromatic heterocycles. The summed E-state index contributed by atoms with van der Waals surface area (Å²) in [5, 5.41) is 7.28. The number of carbonyl (C=O) groups is 1. The molecule has 0 radical (unpaired) electrons. The molecular weight excluding hydrogens is 460 g/mol. The van der Waals surface area contributed by atoms with Crippen molar-refractivity contribution in [3.63, 3.8) is 0 Å². The fourth-order valence-corrected chi connectivity index (χ4v) is 2.76. The van der Waals surface area contributed by atoms with Gasteiger partial charge in [-0.25, -0.2) is 9.80 Å². The summed E-state index contributed by atoms with van der Waals surface area (Å²) in [5.41, 5.74) is -0.826. The van der Waals surface area contributed by atoms with Crippen LogP contribution in [-0.4, -0.2) is 42.7 Å². The van der Waals surface area contributed by atoms with Crippen molar-refractivity contribution in [1.82, 2.24) is 5.01 Å². The average molecular weight is 477 g/mol. The average Bonchev–Trinajstić information content (AvgIpc) is 2.73. The first-order chi connectivity index (χ1) is 15.4. The molecule has 1 aliphatic rings. The van der Waals surface area contributed by atoms with E-state index in [0.717, 1.165) is 29.3 Å². The lowest BCUT2D eigenvalue weighted by Gasteiger charge is -2.30. The maximum atomic E-state index is 13.0. The second kappa shape index (κ2) is 9.57. The van der Waals surface area contributed by atoms with E-state index >= 15 is 0 Å². The van der Waals surface area contributed by atoms with Gasteiger partial charge in [-0.05, 0) is 49.4 Å². The number of nitrogens with one attached hydrogen (secondary N) is 1. The summed E-state index contributed by atoms with van der Waals surface area (Å²) in [5.74, 6) is -0.747. The van der Waals surface area contributed by atoms with Gasteiger partial charge in [0, 0.05) is 17.9 Å². The molecule has 1 unspecified atom stereocenters. The Morgan fingerprint density at radius 3 is 2.45 bits per heavy atom. The Balaban J connectivity index is 1.80. The van der Waals surface area contributed by atoms with Crippen LogP contribution in [0.5, 0.6) is 5.75 Å². The number of hydrazone groups is 1. The third-order valence-corrected chi connectivity index (χ3v) is 4.14. The number of urea groups is 1. The first kappa shape index (κ1) is 24.2. The van der Waals surface area contributed by atoms with Crippen LogP contribution in [0.2, 0.25) is 0 Å². The number of rotatable bonds is 5. The van der Waals surface area contributed by atoms with E-state index in [1.54, 1.807) is 6.92 Å². The highest BCUT2D eigenvalue weighted by Crippen LogP contribution is 2.30. The first-order valence-electron chi connectivity index (χ1n) is 9.43. The monoisotopic (exact) mass is 477 g/mol. The van der Waals surface area contributed by atoms with Gasteiger partial charge in [-0.3, -0.25) is 0 Å². The van der Waals surface area contributed by atoms with E-state index < -0.39 is 36.2 Å². The third-order valence-electron chi connectivity index (χ3n) is 4.14. The van der Waals surface area contributed by atoms with Crippen molar-refractivity contribution in [3.8, 4) is 5.75 Å². The van der Waals surface area contributed by atoms with Gasteiger partial charge < -0.3 is 19.5 Å². The zero-order valence-corrected chi connectivity index (χ0v) is 16.9. The third kappa shape index (κ3) is 6.75. The molecule has 178 valence electrons. The minimum absolute atomic E-state index is 0.0271. The largest absolute Gasteiger partial charge is 0.573 e. The van der Waals surface area contributed by atoms with Crippen LogP contribution >= 0.6 is 0 Å². The Morgan fingerprint density at radius 2 is 1.85 bits per heavy atom. The molecule has 0 aliphatic carbocycles. The molecule has 0 fully saturated rings. The van der Waals surface area contributed by atoms with Gasteiger partial charge in [0.1, 0.15) is 12.3 Å². The van der Waals surface area contributed by atoms with Gasteiger partial charge in [-0.2, -0.15) is 13.2 Å². The lowest BCUT2D eigenvalue weighted by Crippen LogP contribution is -2.44. The van der Waals surface area contributed by atoms with E-state index in [1.807, 2.05) is 0 Å². The SMILES string of the molecule is CCOC1CN(C(=O)Nc2ccc(OC(F)(F)F)cc2)N=C(c2cccc(C(F)(F)F)c2)O1. The second-order valence-corrected chi connectivity index (χ2v) is 6.57. The Kier molecular flexibility index (Phi) is 7.01. The fraction of sp³-hybridized carbons (Fsp3) is 0.300. The summed E-state index contributed by atoms with van der Waals surface area (Å²) in [6, 6.07) is 7.75. The van der Waals surface area contributed by atoms with Crippen molar-refractivity contribution in [2.45, 2.75) is 25.8 Å². The maximum Gasteiger partial charge on any atom is 0.573 e. The molecule has 7 nitrogen and oxygen atoms in total. The number of alkyl halides is 6. The molecule has 0 bridgehead atoms. The van der Waals surface area contributed by atoms with Gasteiger partial charge >= 0.3 is 18.6 Å². The van der Waals surface area contributed by atoms with Crippen molar-refractivity contribution >= 4 is 17.6 Å². The number of anilines is 1. The number of nitrogens with zero attached hydrogens (tertiary/aromatic N) is 2. The molecule has 1 N–H and O–H groups in total. The van der Waals surface area contributed by atoms with E-state index in [0.29, 0.717) is 0 Å². The quantitative estimate of drug-likeness (QED) is 0.602. The van der Waals surface area contributed by atoms with Crippen molar-refractivity contribution in [3.05, 3.63) is 59.7 Å². The Morgan fingerprint density at radius 1 is 1.15 bits per heavy atom. The first-order valence-corrected chi connectivity index (χ1v) is 9.43. The highest BCUT2D eigenvalue weighted by Gasteiger charge is 2.33. The van der Waals surface area contributed by atoms with Gasteiger partial charge in [0.25, 0.3) is 0 Å². The standard InChI is InChI=1S/C20H17F6N3O4/c1-2-31-16-11-29(18(30)27-14-6-8-15(9-7-14)33-20(24,25)26)28-17(32-16)12-4-3-5-13(10-12)19(21,22)23/h3-10,16H,2,11H2,1H3,(H,27,30). The summed E-state index contributed by atoms with van der Waals surface area (Å²) >= 11 is 0. The summed E-state index contributed by atoms with van der Waals surface area (Å²) in [7, 11) is 0. The van der Waals surface area contributed by atoms with Crippen LogP contribution in [0.4, 0.5) is 36.8 Å². The van der Waals surface area contributed by atoms with Crippen LogP contribution in [0.15, 0.2) is 53.6 Å². The Hall–Kier alpha value is -3.48. The van der Waals surface area contributed by atoms with Crippen LogP contribution < -0.4 is 10.1 Å². The fourth-order valence-electron chi connectivity index (χ4n) is 2.76. The predicted molar refractivity (Wildman–Crippen MR) is 103 cm³/mol. The number of ether oxygens (including phenoxy) is 3. The molecule has 2 aromatic rings. The van der Waals surface area contributed by atoms with Gasteiger partial charge in [0.15, 0.2) is 0 Å². The number of hydrogen-bond donors (Lipinski definition) is 1. The molecule has 33 heavy (non-hydrogen) atoms. The van der Waals surface area contributed by atoms with E-state index in [2.05, 4.69) is 15.2 Å². The summed E-state index contributed by atoms with van der Waals surface area (Å²) in [6.07, 6.45) is -10.5. The maximum absolute atomic E-state index is 13.0. The highest BCUT2D eigenvalue weighted by atomic mass is 19.4. The van der Waals surface area contributed by atoms with Crippen LogP contribution in [0.25, 0.3) is 0 Å². The number of benzene rings is 2. The number of halogens is 6. The minimum atomic E-state index is -4.86. The lowest BCUT2D eigenvalue weighted by atomic mass is 10.1. The molecule has 1 heterocycles. The van der Waals surface area contributed by atoms with Gasteiger partial charge in [-0.1, -0.05) is 6.07 Å². The molecule has 0 saturated heterocycles. The Bertz CT molecular complexity index is 1010. The number of carbonyl (C=O) groups excluding carboxylic acids is 1. The topological polar surface area (TPSA) is 72.4 Å². The molecule has 2 aromatic carbocycles. The zero-order chi connectivity index (χ0) is 24.2.